The summed E-state index contributed by atoms with van der Waals surface area (Å²) in [6.07, 6.45) is 44.9. The molecule has 0 heterocycles. The van der Waals surface area contributed by atoms with Gasteiger partial charge in [0.1, 0.15) is 12.7 Å². The molecule has 0 saturated carbocycles. The smallest absolute Gasteiger partial charge is 0.306 e. The van der Waals surface area contributed by atoms with E-state index in [1.165, 1.54) is 77.0 Å². The van der Waals surface area contributed by atoms with E-state index in [9.17, 15) is 9.59 Å². The molecule has 47 heavy (non-hydrogen) atoms. The van der Waals surface area contributed by atoms with Crippen LogP contribution in [-0.2, 0) is 19.1 Å². The molecule has 5 nitrogen and oxygen atoms in total. The fourth-order valence-corrected chi connectivity index (χ4v) is 5.24. The summed E-state index contributed by atoms with van der Waals surface area (Å²) in [4.78, 5) is 26.9. The number of ether oxygens (including phenoxy) is 2. The van der Waals surface area contributed by atoms with Crippen LogP contribution in [0.4, 0.5) is 0 Å². The Labute approximate surface area is 291 Å². The minimum absolute atomic E-state index is 0.154. The van der Waals surface area contributed by atoms with E-state index in [2.05, 4.69) is 67.4 Å². The number of esters is 2. The van der Waals surface area contributed by atoms with E-state index in [0.717, 1.165) is 70.8 Å². The van der Waals surface area contributed by atoms with Crippen LogP contribution >= 0.6 is 0 Å². The van der Waals surface area contributed by atoms with Crippen molar-refractivity contribution in [2.24, 2.45) is 0 Å². The first-order valence-electron chi connectivity index (χ1n) is 19.6. The fourth-order valence-electron chi connectivity index (χ4n) is 5.24. The maximum Gasteiger partial charge on any atom is 0.306 e. The molecule has 0 aliphatic rings. The molecule has 0 aliphatic heterocycles. The summed E-state index contributed by atoms with van der Waals surface area (Å²) >= 11 is 0. The van der Waals surface area contributed by atoms with Gasteiger partial charge in [-0.2, -0.15) is 0 Å². The number of hydrogen-bond donors (Lipinski definition) is 0. The number of hydrogen-bond acceptors (Lipinski definition) is 5. The van der Waals surface area contributed by atoms with Gasteiger partial charge >= 0.3 is 11.9 Å². The molecule has 0 aromatic heterocycles. The van der Waals surface area contributed by atoms with Crippen LogP contribution in [0, 0.1) is 0 Å². The number of carbonyl (C=O) groups excluding carboxylic acids is 2. The van der Waals surface area contributed by atoms with E-state index in [1.54, 1.807) is 0 Å². The van der Waals surface area contributed by atoms with E-state index >= 15 is 0 Å². The average molecular weight is 658 g/mol. The van der Waals surface area contributed by atoms with Crippen molar-refractivity contribution in [2.45, 2.75) is 180 Å². The summed E-state index contributed by atoms with van der Waals surface area (Å²) in [6.45, 7) is 5.42. The highest BCUT2D eigenvalue weighted by Crippen LogP contribution is 2.12. The number of nitrogens with zero attached hydrogens (tertiary/aromatic N) is 1. The largest absolute Gasteiger partial charge is 0.462 e. The zero-order valence-electron chi connectivity index (χ0n) is 31.4. The third-order valence-electron chi connectivity index (χ3n) is 8.29. The van der Waals surface area contributed by atoms with Gasteiger partial charge in [0.25, 0.3) is 0 Å². The standard InChI is InChI=1S/C42H75NO4/c1-5-7-9-11-13-15-17-19-21-23-25-27-29-31-33-35-41(44)46-39-40(37-38-43(3)4)47-42(45)36-34-32-30-28-26-24-22-20-18-16-14-12-10-8-6-2/h13-16,19-22,40H,5-12,17-18,23-39H2,1-4H3/b15-13-,16-14-,21-19-,22-20-/t40-/m0/s1. The Kier molecular flexibility index (Phi) is 35.0. The van der Waals surface area contributed by atoms with E-state index in [4.69, 9.17) is 9.47 Å². The molecule has 0 aromatic carbocycles. The molecule has 272 valence electrons. The molecule has 0 rings (SSSR count). The quantitative estimate of drug-likeness (QED) is 0.0391. The van der Waals surface area contributed by atoms with E-state index < -0.39 is 0 Å². The SMILES string of the molecule is CCCCC/C=C\C/C=C\CCCCCCCC(=O)OC[C@H](CCN(C)C)OC(=O)CCCCCCC/C=C\C/C=C\CCCCC. The minimum atomic E-state index is -0.378. The Balaban J connectivity index is 3.92. The van der Waals surface area contributed by atoms with Gasteiger partial charge in [-0.3, -0.25) is 9.59 Å². The van der Waals surface area contributed by atoms with Crippen molar-refractivity contribution in [1.82, 2.24) is 4.90 Å². The van der Waals surface area contributed by atoms with Gasteiger partial charge < -0.3 is 14.4 Å². The molecule has 0 saturated heterocycles. The van der Waals surface area contributed by atoms with Crippen LogP contribution in [0.3, 0.4) is 0 Å². The Morgan fingerprint density at radius 1 is 0.532 bits per heavy atom. The molecule has 0 bridgehead atoms. The first-order valence-corrected chi connectivity index (χ1v) is 19.6. The molecule has 0 fully saturated rings. The lowest BCUT2D eigenvalue weighted by Crippen LogP contribution is -2.29. The Morgan fingerprint density at radius 3 is 1.38 bits per heavy atom. The van der Waals surface area contributed by atoms with Crippen LogP contribution in [0.2, 0.25) is 0 Å². The van der Waals surface area contributed by atoms with Crippen molar-refractivity contribution in [3.8, 4) is 0 Å². The van der Waals surface area contributed by atoms with Crippen LogP contribution in [0.25, 0.3) is 0 Å². The summed E-state index contributed by atoms with van der Waals surface area (Å²) in [5.74, 6) is -0.362. The third-order valence-corrected chi connectivity index (χ3v) is 8.29. The van der Waals surface area contributed by atoms with Gasteiger partial charge in [0.2, 0.25) is 0 Å². The highest BCUT2D eigenvalue weighted by atomic mass is 16.6. The van der Waals surface area contributed by atoms with E-state index in [-0.39, 0.29) is 24.6 Å². The molecule has 0 aromatic rings. The zero-order valence-corrected chi connectivity index (χ0v) is 31.4. The van der Waals surface area contributed by atoms with Gasteiger partial charge in [0.15, 0.2) is 0 Å². The second-order valence-corrected chi connectivity index (χ2v) is 13.3. The third kappa shape index (κ3) is 36.5. The normalized spacial score (nSPS) is 12.8. The summed E-state index contributed by atoms with van der Waals surface area (Å²) in [6, 6.07) is 0. The van der Waals surface area contributed by atoms with Crippen molar-refractivity contribution in [3.05, 3.63) is 48.6 Å². The van der Waals surface area contributed by atoms with Crippen molar-refractivity contribution >= 4 is 11.9 Å². The highest BCUT2D eigenvalue weighted by molar-refractivity contribution is 5.70. The summed E-state index contributed by atoms with van der Waals surface area (Å²) in [7, 11) is 3.99. The molecule has 0 spiro atoms. The van der Waals surface area contributed by atoms with Crippen LogP contribution < -0.4 is 0 Å². The Morgan fingerprint density at radius 2 is 0.936 bits per heavy atom. The lowest BCUT2D eigenvalue weighted by molar-refractivity contribution is -0.159. The topological polar surface area (TPSA) is 55.8 Å². The number of rotatable bonds is 34. The summed E-state index contributed by atoms with van der Waals surface area (Å²) < 4.78 is 11.3. The van der Waals surface area contributed by atoms with Gasteiger partial charge in [-0.1, -0.05) is 127 Å². The number of carbonyl (C=O) groups is 2. The zero-order chi connectivity index (χ0) is 34.5. The average Bonchev–Trinajstić information content (AvgIpc) is 3.05. The molecule has 5 heteroatoms. The lowest BCUT2D eigenvalue weighted by Gasteiger charge is -2.20. The molecular formula is C42H75NO4. The first kappa shape index (κ1) is 44.9. The molecule has 0 N–H and O–H groups in total. The Hall–Kier alpha value is -2.14. The monoisotopic (exact) mass is 658 g/mol. The molecule has 1 atom stereocenters. The van der Waals surface area contributed by atoms with Crippen LogP contribution in [-0.4, -0.2) is 50.2 Å². The lowest BCUT2D eigenvalue weighted by atomic mass is 10.1. The van der Waals surface area contributed by atoms with Crippen LogP contribution in [0.5, 0.6) is 0 Å². The van der Waals surface area contributed by atoms with Gasteiger partial charge in [-0.05, 0) is 91.1 Å². The molecule has 0 amide bonds. The summed E-state index contributed by atoms with van der Waals surface area (Å²) in [5, 5.41) is 0. The van der Waals surface area contributed by atoms with Crippen LogP contribution in [0.1, 0.15) is 174 Å². The van der Waals surface area contributed by atoms with Crippen molar-refractivity contribution in [2.75, 3.05) is 27.2 Å². The predicted molar refractivity (Wildman–Crippen MR) is 203 cm³/mol. The number of unbranched alkanes of at least 4 members (excludes halogenated alkanes) is 16. The molecule has 0 unspecified atom stereocenters. The maximum atomic E-state index is 12.5. The second kappa shape index (κ2) is 36.7. The first-order chi connectivity index (χ1) is 23.0. The highest BCUT2D eigenvalue weighted by Gasteiger charge is 2.17. The van der Waals surface area contributed by atoms with Crippen molar-refractivity contribution < 1.29 is 19.1 Å². The van der Waals surface area contributed by atoms with Crippen LogP contribution in [0.15, 0.2) is 48.6 Å². The fraction of sp³-hybridized carbons (Fsp3) is 0.762. The van der Waals surface area contributed by atoms with Gasteiger partial charge in [-0.25, -0.2) is 0 Å². The second-order valence-electron chi connectivity index (χ2n) is 13.3. The molecule has 0 aliphatic carbocycles. The van der Waals surface area contributed by atoms with E-state index in [0.29, 0.717) is 19.3 Å². The number of allylic oxidation sites excluding steroid dienone is 8. The van der Waals surface area contributed by atoms with E-state index in [1.807, 2.05) is 14.1 Å². The minimum Gasteiger partial charge on any atom is -0.462 e. The Bertz CT molecular complexity index is 813. The van der Waals surface area contributed by atoms with Gasteiger partial charge in [0, 0.05) is 25.8 Å². The molecular weight excluding hydrogens is 582 g/mol. The van der Waals surface area contributed by atoms with Crippen molar-refractivity contribution in [1.29, 1.82) is 0 Å². The maximum absolute atomic E-state index is 12.5. The summed E-state index contributed by atoms with van der Waals surface area (Å²) in [5.41, 5.74) is 0. The predicted octanol–water partition coefficient (Wildman–Crippen LogP) is 12.0. The van der Waals surface area contributed by atoms with Gasteiger partial charge in [-0.15, -0.1) is 0 Å². The van der Waals surface area contributed by atoms with Gasteiger partial charge in [0.05, 0.1) is 0 Å². The van der Waals surface area contributed by atoms with Crippen molar-refractivity contribution in [3.63, 3.8) is 0 Å². The molecule has 0 radical (unpaired) electrons.